The van der Waals surface area contributed by atoms with Crippen molar-refractivity contribution in [3.63, 3.8) is 0 Å². The topological polar surface area (TPSA) is 60.9 Å². The highest BCUT2D eigenvalue weighted by Gasteiger charge is 2.30. The van der Waals surface area contributed by atoms with Gasteiger partial charge >= 0.3 is 6.18 Å². The van der Waals surface area contributed by atoms with Gasteiger partial charge in [0.25, 0.3) is 0 Å². The molecule has 0 unspecified atom stereocenters. The Kier molecular flexibility index (Phi) is 3.61. The highest BCUT2D eigenvalue weighted by Crippen LogP contribution is 2.32. The first kappa shape index (κ1) is 16.1. The van der Waals surface area contributed by atoms with Crippen LogP contribution in [0.1, 0.15) is 5.56 Å². The van der Waals surface area contributed by atoms with E-state index >= 15 is 0 Å². The van der Waals surface area contributed by atoms with Gasteiger partial charge < -0.3 is 4.42 Å². The minimum atomic E-state index is -4.46. The fourth-order valence-corrected chi connectivity index (χ4v) is 2.69. The predicted molar refractivity (Wildman–Crippen MR) is 87.8 cm³/mol. The molecule has 0 aliphatic heterocycles. The van der Waals surface area contributed by atoms with E-state index < -0.39 is 11.7 Å². The number of alkyl halides is 3. The summed E-state index contributed by atoms with van der Waals surface area (Å²) in [6, 6.07) is 11.0. The third-order valence-corrected chi connectivity index (χ3v) is 3.91. The molecule has 0 spiro atoms. The van der Waals surface area contributed by atoms with Gasteiger partial charge in [0.05, 0.1) is 16.5 Å². The smallest absolute Gasteiger partial charge is 0.416 e. The monoisotopic (exact) mass is 357 g/mol. The first-order chi connectivity index (χ1) is 12.4. The van der Waals surface area contributed by atoms with E-state index in [2.05, 4.69) is 10.1 Å². The molecule has 0 saturated carbocycles. The van der Waals surface area contributed by atoms with E-state index in [0.29, 0.717) is 16.5 Å². The summed E-state index contributed by atoms with van der Waals surface area (Å²) in [7, 11) is 0. The SMILES string of the molecule is O=c1c(-c2ccc(C(F)(F)F)cc2)c(-n2cncn2)oc2ccccc12. The van der Waals surface area contributed by atoms with Crippen LogP contribution in [0.4, 0.5) is 13.2 Å². The van der Waals surface area contributed by atoms with Crippen molar-refractivity contribution in [1.82, 2.24) is 14.8 Å². The molecule has 2 heterocycles. The van der Waals surface area contributed by atoms with Crippen molar-refractivity contribution in [3.05, 3.63) is 77.0 Å². The van der Waals surface area contributed by atoms with Gasteiger partial charge in [0, 0.05) is 0 Å². The van der Waals surface area contributed by atoms with Gasteiger partial charge in [0.15, 0.2) is 0 Å². The van der Waals surface area contributed by atoms with Crippen LogP contribution in [0.5, 0.6) is 0 Å². The lowest BCUT2D eigenvalue weighted by Gasteiger charge is -2.11. The molecule has 2 aromatic carbocycles. The summed E-state index contributed by atoms with van der Waals surface area (Å²) < 4.78 is 45.5. The van der Waals surface area contributed by atoms with Crippen LogP contribution in [0.2, 0.25) is 0 Å². The van der Waals surface area contributed by atoms with E-state index in [1.165, 1.54) is 29.5 Å². The number of aromatic nitrogens is 3. The van der Waals surface area contributed by atoms with Gasteiger partial charge in [-0.15, -0.1) is 0 Å². The summed E-state index contributed by atoms with van der Waals surface area (Å²) in [6.07, 6.45) is -1.84. The predicted octanol–water partition coefficient (Wildman–Crippen LogP) is 4.06. The number of hydrogen-bond donors (Lipinski definition) is 0. The minimum absolute atomic E-state index is 0.0889. The molecule has 0 bridgehead atoms. The quantitative estimate of drug-likeness (QED) is 0.543. The number of halogens is 3. The van der Waals surface area contributed by atoms with Crippen molar-refractivity contribution in [2.75, 3.05) is 0 Å². The van der Waals surface area contributed by atoms with Crippen LogP contribution in [0, 0.1) is 0 Å². The van der Waals surface area contributed by atoms with Crippen molar-refractivity contribution >= 4 is 11.0 Å². The van der Waals surface area contributed by atoms with Gasteiger partial charge in [-0.05, 0) is 29.8 Å². The summed E-state index contributed by atoms with van der Waals surface area (Å²) in [5.74, 6) is 0.0889. The summed E-state index contributed by atoms with van der Waals surface area (Å²) in [4.78, 5) is 16.8. The van der Waals surface area contributed by atoms with E-state index in [4.69, 9.17) is 4.42 Å². The number of fused-ring (bicyclic) bond motifs is 1. The summed E-state index contributed by atoms with van der Waals surface area (Å²) in [6.45, 7) is 0. The zero-order valence-electron chi connectivity index (χ0n) is 13.1. The highest BCUT2D eigenvalue weighted by molar-refractivity contribution is 5.84. The van der Waals surface area contributed by atoms with Gasteiger partial charge in [0.1, 0.15) is 18.2 Å². The lowest BCUT2D eigenvalue weighted by atomic mass is 10.0. The van der Waals surface area contributed by atoms with E-state index in [1.807, 2.05) is 0 Å². The second kappa shape index (κ2) is 5.83. The fraction of sp³-hybridized carbons (Fsp3) is 0.0556. The summed E-state index contributed by atoms with van der Waals surface area (Å²) >= 11 is 0. The van der Waals surface area contributed by atoms with Crippen molar-refractivity contribution in [1.29, 1.82) is 0 Å². The lowest BCUT2D eigenvalue weighted by Crippen LogP contribution is -2.11. The maximum Gasteiger partial charge on any atom is 0.416 e. The molecule has 0 radical (unpaired) electrons. The van der Waals surface area contributed by atoms with Crippen LogP contribution in [-0.4, -0.2) is 14.8 Å². The molecule has 0 atom stereocenters. The standard InChI is InChI=1S/C18H10F3N3O2/c19-18(20,21)12-7-5-11(6-8-12)15-16(25)13-3-1-2-4-14(13)26-17(15)24-10-22-9-23-24/h1-10H. The van der Waals surface area contributed by atoms with Gasteiger partial charge in [-0.2, -0.15) is 23.0 Å². The average molecular weight is 357 g/mol. The van der Waals surface area contributed by atoms with E-state index in [0.717, 1.165) is 12.1 Å². The third-order valence-electron chi connectivity index (χ3n) is 3.91. The molecule has 4 aromatic rings. The highest BCUT2D eigenvalue weighted by atomic mass is 19.4. The molecule has 0 amide bonds. The first-order valence-electron chi connectivity index (χ1n) is 7.53. The molecule has 26 heavy (non-hydrogen) atoms. The molecule has 2 aromatic heterocycles. The Labute approximate surface area is 144 Å². The third kappa shape index (κ3) is 2.65. The van der Waals surface area contributed by atoms with E-state index in [9.17, 15) is 18.0 Å². The lowest BCUT2D eigenvalue weighted by molar-refractivity contribution is -0.137. The van der Waals surface area contributed by atoms with Crippen LogP contribution in [-0.2, 0) is 6.18 Å². The molecule has 0 fully saturated rings. The maximum absolute atomic E-state index is 13.0. The molecule has 5 nitrogen and oxygen atoms in total. The molecule has 0 aliphatic carbocycles. The molecular formula is C18H10F3N3O2. The van der Waals surface area contributed by atoms with Crippen molar-refractivity contribution in [2.24, 2.45) is 0 Å². The Morgan fingerprint density at radius 3 is 2.38 bits per heavy atom. The Balaban J connectivity index is 2.00. The van der Waals surface area contributed by atoms with Gasteiger partial charge in [0.2, 0.25) is 11.3 Å². The number of nitrogens with zero attached hydrogens (tertiary/aromatic N) is 3. The van der Waals surface area contributed by atoms with Crippen molar-refractivity contribution in [3.8, 4) is 17.0 Å². The zero-order chi connectivity index (χ0) is 18.3. The van der Waals surface area contributed by atoms with Gasteiger partial charge in [-0.25, -0.2) is 4.98 Å². The Hall–Kier alpha value is -3.42. The zero-order valence-corrected chi connectivity index (χ0v) is 13.1. The Morgan fingerprint density at radius 1 is 1.00 bits per heavy atom. The summed E-state index contributed by atoms with van der Waals surface area (Å²) in [5, 5.41) is 4.30. The van der Waals surface area contributed by atoms with Crippen LogP contribution >= 0.6 is 0 Å². The second-order valence-electron chi connectivity index (χ2n) is 5.52. The van der Waals surface area contributed by atoms with E-state index in [1.54, 1.807) is 24.3 Å². The van der Waals surface area contributed by atoms with E-state index in [-0.39, 0.29) is 16.9 Å². The van der Waals surface area contributed by atoms with Gasteiger partial charge in [-0.3, -0.25) is 4.79 Å². The van der Waals surface area contributed by atoms with Crippen LogP contribution < -0.4 is 5.43 Å². The van der Waals surface area contributed by atoms with Gasteiger partial charge in [-0.1, -0.05) is 24.3 Å². The molecule has 4 rings (SSSR count). The Morgan fingerprint density at radius 2 is 1.73 bits per heavy atom. The van der Waals surface area contributed by atoms with Crippen molar-refractivity contribution < 1.29 is 17.6 Å². The molecular weight excluding hydrogens is 347 g/mol. The molecule has 8 heteroatoms. The Bertz CT molecular complexity index is 1130. The number of benzene rings is 2. The normalized spacial score (nSPS) is 11.8. The second-order valence-corrected chi connectivity index (χ2v) is 5.52. The van der Waals surface area contributed by atoms with Crippen LogP contribution in [0.3, 0.4) is 0 Å². The largest absolute Gasteiger partial charge is 0.437 e. The first-order valence-corrected chi connectivity index (χ1v) is 7.53. The van der Waals surface area contributed by atoms with Crippen molar-refractivity contribution in [2.45, 2.75) is 6.18 Å². The number of hydrogen-bond acceptors (Lipinski definition) is 4. The van der Waals surface area contributed by atoms with Crippen LogP contribution in [0.15, 0.2) is 70.4 Å². The summed E-state index contributed by atoms with van der Waals surface area (Å²) in [5.41, 5.74) is -0.407. The molecule has 0 aliphatic rings. The minimum Gasteiger partial charge on any atom is -0.437 e. The maximum atomic E-state index is 13.0. The number of rotatable bonds is 2. The average Bonchev–Trinajstić information content (AvgIpc) is 3.16. The molecule has 0 saturated heterocycles. The molecule has 0 N–H and O–H groups in total. The fourth-order valence-electron chi connectivity index (χ4n) is 2.69. The van der Waals surface area contributed by atoms with Crippen LogP contribution in [0.25, 0.3) is 28.0 Å². The molecule has 130 valence electrons. The number of para-hydroxylation sites is 1.